The number of likely N-dealkylation sites (tertiary alicyclic amines) is 1. The van der Waals surface area contributed by atoms with Gasteiger partial charge in [0.25, 0.3) is 0 Å². The van der Waals surface area contributed by atoms with Crippen LogP contribution in [0, 0.1) is 11.8 Å². The van der Waals surface area contributed by atoms with E-state index in [1.165, 1.54) is 0 Å². The molecule has 6 nitrogen and oxygen atoms in total. The number of halogens is 3. The second kappa shape index (κ2) is 8.20. The lowest BCUT2D eigenvalue weighted by molar-refractivity contribution is -0.188. The van der Waals surface area contributed by atoms with E-state index in [-0.39, 0.29) is 25.3 Å². The number of alkyl halides is 3. The van der Waals surface area contributed by atoms with Crippen LogP contribution in [0.1, 0.15) is 12.0 Å². The zero-order valence-electron chi connectivity index (χ0n) is 13.8. The number of carboxylic acids is 1. The first-order valence-corrected chi connectivity index (χ1v) is 8.06. The molecule has 1 aromatic carbocycles. The third kappa shape index (κ3) is 5.21. The number of carbonyl (C=O) groups is 3. The van der Waals surface area contributed by atoms with Crippen LogP contribution in [0.15, 0.2) is 30.3 Å². The minimum absolute atomic E-state index is 0.0184. The fraction of sp³-hybridized carbons (Fsp3) is 0.471. The van der Waals surface area contributed by atoms with Crippen molar-refractivity contribution in [2.24, 2.45) is 11.8 Å². The van der Waals surface area contributed by atoms with Gasteiger partial charge in [-0.05, 0) is 5.56 Å². The van der Waals surface area contributed by atoms with Gasteiger partial charge in [0.05, 0.1) is 18.3 Å². The largest absolute Gasteiger partial charge is 0.481 e. The first-order valence-electron chi connectivity index (χ1n) is 8.06. The lowest BCUT2D eigenvalue weighted by Crippen LogP contribution is -2.35. The summed E-state index contributed by atoms with van der Waals surface area (Å²) in [5.74, 6) is -6.22. The Morgan fingerprint density at radius 1 is 1.15 bits per heavy atom. The van der Waals surface area contributed by atoms with Crippen LogP contribution in [0.5, 0.6) is 0 Å². The highest BCUT2D eigenvalue weighted by molar-refractivity contribution is 5.81. The highest BCUT2D eigenvalue weighted by Gasteiger charge is 2.53. The van der Waals surface area contributed by atoms with Gasteiger partial charge in [0.15, 0.2) is 0 Å². The number of rotatable bonds is 6. The predicted molar refractivity (Wildman–Crippen MR) is 85.0 cm³/mol. The summed E-state index contributed by atoms with van der Waals surface area (Å²) < 4.78 is 38.7. The van der Waals surface area contributed by atoms with Crippen LogP contribution in [0.3, 0.4) is 0 Å². The molecule has 0 unspecified atom stereocenters. The summed E-state index contributed by atoms with van der Waals surface area (Å²) in [5.41, 5.74) is 0.799. The van der Waals surface area contributed by atoms with Gasteiger partial charge in [0.1, 0.15) is 0 Å². The molecule has 26 heavy (non-hydrogen) atoms. The summed E-state index contributed by atoms with van der Waals surface area (Å²) >= 11 is 0. The van der Waals surface area contributed by atoms with Crippen molar-refractivity contribution >= 4 is 17.8 Å². The van der Waals surface area contributed by atoms with Crippen molar-refractivity contribution in [3.05, 3.63) is 35.9 Å². The number of hydrogen-bond acceptors (Lipinski definition) is 3. The quantitative estimate of drug-likeness (QED) is 0.792. The normalized spacial score (nSPS) is 20.0. The fourth-order valence-electron chi connectivity index (χ4n) is 2.90. The molecule has 1 aromatic rings. The summed E-state index contributed by atoms with van der Waals surface area (Å²) in [4.78, 5) is 35.7. The summed E-state index contributed by atoms with van der Waals surface area (Å²) in [5, 5.41) is 11.5. The van der Waals surface area contributed by atoms with Crippen LogP contribution in [-0.4, -0.2) is 53.6 Å². The average Bonchev–Trinajstić information content (AvgIpc) is 3.01. The van der Waals surface area contributed by atoms with Gasteiger partial charge in [0.2, 0.25) is 11.8 Å². The van der Waals surface area contributed by atoms with Crippen molar-refractivity contribution < 1.29 is 32.7 Å². The summed E-state index contributed by atoms with van der Waals surface area (Å²) in [6.07, 6.45) is -4.73. The maximum Gasteiger partial charge on any atom is 0.394 e. The van der Waals surface area contributed by atoms with Gasteiger partial charge in [-0.25, -0.2) is 0 Å². The van der Waals surface area contributed by atoms with E-state index in [4.69, 9.17) is 5.11 Å². The Morgan fingerprint density at radius 3 is 2.35 bits per heavy atom. The molecule has 1 aliphatic heterocycles. The number of benzene rings is 1. The summed E-state index contributed by atoms with van der Waals surface area (Å²) in [6.45, 7) is -1.16. The smallest absolute Gasteiger partial charge is 0.394 e. The molecule has 1 aliphatic rings. The topological polar surface area (TPSA) is 86.7 Å². The van der Waals surface area contributed by atoms with E-state index < -0.39 is 43.0 Å². The van der Waals surface area contributed by atoms with E-state index >= 15 is 0 Å². The predicted octanol–water partition coefficient (Wildman–Crippen LogP) is 1.46. The first kappa shape index (κ1) is 19.7. The molecule has 0 spiro atoms. The minimum Gasteiger partial charge on any atom is -0.481 e. The number of hydrogen-bond donors (Lipinski definition) is 2. The Labute approximate surface area is 148 Å². The van der Waals surface area contributed by atoms with Crippen molar-refractivity contribution in [2.75, 3.05) is 19.6 Å². The van der Waals surface area contributed by atoms with Crippen molar-refractivity contribution in [1.29, 1.82) is 0 Å². The lowest BCUT2D eigenvalue weighted by Gasteiger charge is -2.18. The Hall–Kier alpha value is -2.58. The zero-order chi connectivity index (χ0) is 19.3. The maximum absolute atomic E-state index is 12.9. The highest BCUT2D eigenvalue weighted by Crippen LogP contribution is 2.37. The van der Waals surface area contributed by atoms with Crippen LogP contribution in [0.25, 0.3) is 0 Å². The second-order valence-corrected chi connectivity index (χ2v) is 6.15. The maximum atomic E-state index is 12.9. The van der Waals surface area contributed by atoms with Gasteiger partial charge in [-0.15, -0.1) is 0 Å². The molecule has 142 valence electrons. The van der Waals surface area contributed by atoms with Gasteiger partial charge in [-0.3, -0.25) is 14.4 Å². The third-order valence-corrected chi connectivity index (χ3v) is 4.28. The number of carbonyl (C=O) groups excluding carboxylic acids is 2. The molecule has 0 aliphatic carbocycles. The molecule has 0 radical (unpaired) electrons. The van der Waals surface area contributed by atoms with Gasteiger partial charge in [0, 0.05) is 26.1 Å². The Morgan fingerprint density at radius 2 is 1.81 bits per heavy atom. The SMILES string of the molecule is O=C(Cc1ccccc1)NCCC(=O)N1C[C@@H](C(F)(F)F)[C@H](C(=O)O)C1. The fourth-order valence-corrected chi connectivity index (χ4v) is 2.90. The molecule has 2 rings (SSSR count). The van der Waals surface area contributed by atoms with Gasteiger partial charge in [-0.1, -0.05) is 30.3 Å². The monoisotopic (exact) mass is 372 g/mol. The van der Waals surface area contributed by atoms with E-state index in [0.717, 1.165) is 10.5 Å². The van der Waals surface area contributed by atoms with Crippen molar-refractivity contribution in [1.82, 2.24) is 10.2 Å². The molecule has 9 heteroatoms. The minimum atomic E-state index is -4.68. The highest BCUT2D eigenvalue weighted by atomic mass is 19.4. The number of nitrogens with one attached hydrogen (secondary N) is 1. The Bertz CT molecular complexity index is 664. The molecule has 1 saturated heterocycles. The Balaban J connectivity index is 1.81. The molecule has 0 saturated carbocycles. The van der Waals surface area contributed by atoms with Gasteiger partial charge < -0.3 is 15.3 Å². The standard InChI is InChI=1S/C17H19F3N2O4/c18-17(19,20)13-10-22(9-12(13)16(25)26)15(24)6-7-21-14(23)8-11-4-2-1-3-5-11/h1-5,12-13H,6-10H2,(H,21,23)(H,25,26)/t12-,13-/m1/s1. The molecular formula is C17H19F3N2O4. The average molecular weight is 372 g/mol. The third-order valence-electron chi connectivity index (χ3n) is 4.28. The van der Waals surface area contributed by atoms with Crippen LogP contribution < -0.4 is 5.32 Å². The van der Waals surface area contributed by atoms with Gasteiger partial charge in [-0.2, -0.15) is 13.2 Å². The zero-order valence-corrected chi connectivity index (χ0v) is 13.8. The van der Waals surface area contributed by atoms with E-state index in [0.29, 0.717) is 0 Å². The second-order valence-electron chi connectivity index (χ2n) is 6.15. The number of aliphatic carboxylic acids is 1. The van der Waals surface area contributed by atoms with E-state index in [9.17, 15) is 27.6 Å². The van der Waals surface area contributed by atoms with Crippen molar-refractivity contribution in [3.8, 4) is 0 Å². The molecular weight excluding hydrogens is 353 g/mol. The molecule has 2 atom stereocenters. The number of amides is 2. The van der Waals surface area contributed by atoms with Crippen molar-refractivity contribution in [3.63, 3.8) is 0 Å². The number of nitrogens with zero attached hydrogens (tertiary/aromatic N) is 1. The first-order chi connectivity index (χ1) is 12.2. The lowest BCUT2D eigenvalue weighted by atomic mass is 9.96. The summed E-state index contributed by atoms with van der Waals surface area (Å²) in [6, 6.07) is 8.94. The molecule has 2 N–H and O–H groups in total. The Kier molecular flexibility index (Phi) is 6.23. The van der Waals surface area contributed by atoms with Gasteiger partial charge >= 0.3 is 12.1 Å². The molecule has 1 heterocycles. The number of carboxylic acid groups (broad SMARTS) is 1. The van der Waals surface area contributed by atoms with E-state index in [2.05, 4.69) is 5.32 Å². The van der Waals surface area contributed by atoms with Crippen LogP contribution in [0.4, 0.5) is 13.2 Å². The molecule has 0 bridgehead atoms. The van der Waals surface area contributed by atoms with Crippen LogP contribution in [0.2, 0.25) is 0 Å². The van der Waals surface area contributed by atoms with E-state index in [1.807, 2.05) is 6.07 Å². The van der Waals surface area contributed by atoms with Crippen LogP contribution in [-0.2, 0) is 20.8 Å². The van der Waals surface area contributed by atoms with E-state index in [1.54, 1.807) is 24.3 Å². The molecule has 0 aromatic heterocycles. The van der Waals surface area contributed by atoms with Crippen LogP contribution >= 0.6 is 0 Å². The molecule has 2 amide bonds. The summed E-state index contributed by atoms with van der Waals surface area (Å²) in [7, 11) is 0. The van der Waals surface area contributed by atoms with Crippen molar-refractivity contribution in [2.45, 2.75) is 19.0 Å². The molecule has 1 fully saturated rings.